The van der Waals surface area contributed by atoms with Gasteiger partial charge in [0.05, 0.1) is 27.4 Å². The smallest absolute Gasteiger partial charge is 0.228 e. The minimum absolute atomic E-state index is 0.429. The van der Waals surface area contributed by atoms with Gasteiger partial charge in [-0.1, -0.05) is 35.5 Å². The van der Waals surface area contributed by atoms with Crippen LogP contribution in [-0.4, -0.2) is 60.7 Å². The molecule has 1 unspecified atom stereocenters. The summed E-state index contributed by atoms with van der Waals surface area (Å²) in [6, 6.07) is 13.7. The molecule has 0 saturated heterocycles. The summed E-state index contributed by atoms with van der Waals surface area (Å²) in [7, 11) is 4.68. The van der Waals surface area contributed by atoms with E-state index >= 15 is 0 Å². The fourth-order valence-electron chi connectivity index (χ4n) is 3.39. The van der Waals surface area contributed by atoms with Crippen molar-refractivity contribution < 1.29 is 23.8 Å². The second-order valence-corrected chi connectivity index (χ2v) is 7.25. The Morgan fingerprint density at radius 2 is 1.71 bits per heavy atom. The lowest BCUT2D eigenvalue weighted by Gasteiger charge is -2.23. The molecular weight excluding hydrogens is 398 g/mol. The van der Waals surface area contributed by atoms with Crippen molar-refractivity contribution in [1.29, 1.82) is 0 Å². The van der Waals surface area contributed by atoms with Gasteiger partial charge in [-0.25, -0.2) is 0 Å². The third-order valence-electron chi connectivity index (χ3n) is 4.80. The molecule has 1 heterocycles. The first kappa shape index (κ1) is 22.6. The Morgan fingerprint density at radius 3 is 2.29 bits per heavy atom. The highest BCUT2D eigenvalue weighted by Crippen LogP contribution is 2.40. The molecule has 0 amide bonds. The van der Waals surface area contributed by atoms with E-state index in [0.29, 0.717) is 54.0 Å². The van der Waals surface area contributed by atoms with E-state index in [-0.39, 0.29) is 0 Å². The average molecular weight is 428 g/mol. The molecule has 166 valence electrons. The summed E-state index contributed by atoms with van der Waals surface area (Å²) in [6.45, 7) is 3.76. The number of hydrogen-bond acceptors (Lipinski definition) is 8. The number of ether oxygens (including phenoxy) is 3. The van der Waals surface area contributed by atoms with Crippen molar-refractivity contribution >= 4 is 0 Å². The van der Waals surface area contributed by atoms with Crippen molar-refractivity contribution in [2.24, 2.45) is 0 Å². The van der Waals surface area contributed by atoms with Crippen molar-refractivity contribution in [2.75, 3.05) is 34.4 Å². The Morgan fingerprint density at radius 1 is 1.03 bits per heavy atom. The Balaban J connectivity index is 1.72. The lowest BCUT2D eigenvalue weighted by atomic mass is 10.1. The standard InChI is InChI=1S/C23H29N3O5/c1-16(27)14-26(15-17-8-6-5-7-9-17)11-10-21-24-23(25-31-21)18-12-19(28-2)22(30-4)20(13-18)29-3/h5-9,12-13,16,27H,10-11,14-15H2,1-4H3. The minimum atomic E-state index is -0.429. The normalized spacial score (nSPS) is 12.1. The van der Waals surface area contributed by atoms with Gasteiger partial charge in [0, 0.05) is 31.6 Å². The number of rotatable bonds is 11. The fraction of sp³-hybridized carbons (Fsp3) is 0.391. The number of aliphatic hydroxyl groups excluding tert-OH is 1. The van der Waals surface area contributed by atoms with Crippen LogP contribution in [-0.2, 0) is 13.0 Å². The summed E-state index contributed by atoms with van der Waals surface area (Å²) in [5.74, 6) is 2.52. The maximum atomic E-state index is 9.87. The van der Waals surface area contributed by atoms with Crippen molar-refractivity contribution in [1.82, 2.24) is 15.0 Å². The summed E-state index contributed by atoms with van der Waals surface area (Å²) in [5, 5.41) is 14.0. The van der Waals surface area contributed by atoms with Crippen LogP contribution in [0, 0.1) is 0 Å². The van der Waals surface area contributed by atoms with Crippen LogP contribution in [0.15, 0.2) is 47.0 Å². The largest absolute Gasteiger partial charge is 0.493 e. The molecule has 0 fully saturated rings. The third-order valence-corrected chi connectivity index (χ3v) is 4.80. The van der Waals surface area contributed by atoms with Crippen LogP contribution in [0.25, 0.3) is 11.4 Å². The monoisotopic (exact) mass is 427 g/mol. The topological polar surface area (TPSA) is 90.1 Å². The van der Waals surface area contributed by atoms with Crippen molar-refractivity contribution in [3.05, 3.63) is 53.9 Å². The molecule has 1 atom stereocenters. The first-order valence-electron chi connectivity index (χ1n) is 10.1. The summed E-state index contributed by atoms with van der Waals surface area (Å²) in [6.07, 6.45) is 0.137. The van der Waals surface area contributed by atoms with Gasteiger partial charge in [-0.05, 0) is 24.6 Å². The lowest BCUT2D eigenvalue weighted by molar-refractivity contribution is 0.121. The Hall–Kier alpha value is -3.10. The highest BCUT2D eigenvalue weighted by atomic mass is 16.5. The van der Waals surface area contributed by atoms with E-state index in [1.165, 1.54) is 5.56 Å². The van der Waals surface area contributed by atoms with E-state index in [1.54, 1.807) is 40.4 Å². The number of methoxy groups -OCH3 is 3. The van der Waals surface area contributed by atoms with Gasteiger partial charge in [-0.3, -0.25) is 4.90 Å². The van der Waals surface area contributed by atoms with Gasteiger partial charge < -0.3 is 23.8 Å². The zero-order valence-electron chi connectivity index (χ0n) is 18.4. The predicted octanol–water partition coefficient (Wildman–Crippen LogP) is 3.19. The lowest BCUT2D eigenvalue weighted by Crippen LogP contribution is -2.32. The van der Waals surface area contributed by atoms with Crippen LogP contribution in [0.5, 0.6) is 17.2 Å². The van der Waals surface area contributed by atoms with E-state index in [0.717, 1.165) is 6.54 Å². The van der Waals surface area contributed by atoms with E-state index in [2.05, 4.69) is 27.2 Å². The third kappa shape index (κ3) is 5.96. The van der Waals surface area contributed by atoms with E-state index < -0.39 is 6.10 Å². The van der Waals surface area contributed by atoms with E-state index in [9.17, 15) is 5.11 Å². The first-order chi connectivity index (χ1) is 15.0. The number of aliphatic hydroxyl groups is 1. The maximum Gasteiger partial charge on any atom is 0.228 e. The van der Waals surface area contributed by atoms with Crippen molar-refractivity contribution in [2.45, 2.75) is 26.0 Å². The summed E-state index contributed by atoms with van der Waals surface area (Å²) >= 11 is 0. The molecular formula is C23H29N3O5. The van der Waals surface area contributed by atoms with Gasteiger partial charge in [0.25, 0.3) is 0 Å². The van der Waals surface area contributed by atoms with Crippen LogP contribution in [0.3, 0.4) is 0 Å². The molecule has 0 radical (unpaired) electrons. The zero-order chi connectivity index (χ0) is 22.2. The molecule has 0 bridgehead atoms. The van der Waals surface area contributed by atoms with Crippen molar-refractivity contribution in [3.63, 3.8) is 0 Å². The average Bonchev–Trinajstić information content (AvgIpc) is 3.26. The minimum Gasteiger partial charge on any atom is -0.493 e. The van der Waals surface area contributed by atoms with Gasteiger partial charge in [-0.2, -0.15) is 4.98 Å². The molecule has 0 aliphatic carbocycles. The van der Waals surface area contributed by atoms with Gasteiger partial charge >= 0.3 is 0 Å². The molecule has 8 heteroatoms. The highest BCUT2D eigenvalue weighted by molar-refractivity contribution is 5.66. The van der Waals surface area contributed by atoms with Crippen LogP contribution in [0.4, 0.5) is 0 Å². The van der Waals surface area contributed by atoms with Gasteiger partial charge in [-0.15, -0.1) is 0 Å². The van der Waals surface area contributed by atoms with Gasteiger partial charge in [0.1, 0.15) is 0 Å². The number of aromatic nitrogens is 2. The molecule has 1 N–H and O–H groups in total. The molecule has 1 aromatic heterocycles. The second-order valence-electron chi connectivity index (χ2n) is 7.25. The summed E-state index contributed by atoms with van der Waals surface area (Å²) in [5.41, 5.74) is 1.89. The van der Waals surface area contributed by atoms with Crippen LogP contribution < -0.4 is 14.2 Å². The summed E-state index contributed by atoms with van der Waals surface area (Å²) < 4.78 is 21.6. The van der Waals surface area contributed by atoms with E-state index in [4.69, 9.17) is 18.7 Å². The first-order valence-corrected chi connectivity index (χ1v) is 10.1. The van der Waals surface area contributed by atoms with Gasteiger partial charge in [0.2, 0.25) is 17.5 Å². The molecule has 8 nitrogen and oxygen atoms in total. The van der Waals surface area contributed by atoms with Gasteiger partial charge in [0.15, 0.2) is 11.5 Å². The second kappa shape index (κ2) is 10.8. The number of hydrogen-bond donors (Lipinski definition) is 1. The highest BCUT2D eigenvalue weighted by Gasteiger charge is 2.18. The quantitative estimate of drug-likeness (QED) is 0.499. The summed E-state index contributed by atoms with van der Waals surface area (Å²) in [4.78, 5) is 6.70. The fourth-order valence-corrected chi connectivity index (χ4v) is 3.39. The molecule has 2 aromatic carbocycles. The molecule has 0 spiro atoms. The van der Waals surface area contributed by atoms with Crippen molar-refractivity contribution in [3.8, 4) is 28.6 Å². The molecule has 0 aliphatic rings. The molecule has 0 aliphatic heterocycles. The van der Waals surface area contributed by atoms with Crippen LogP contribution in [0.2, 0.25) is 0 Å². The molecule has 3 rings (SSSR count). The molecule has 31 heavy (non-hydrogen) atoms. The van der Waals surface area contributed by atoms with E-state index in [1.807, 2.05) is 18.2 Å². The SMILES string of the molecule is COc1cc(-c2noc(CCN(Cc3ccccc3)CC(C)O)n2)cc(OC)c1OC. The predicted molar refractivity (Wildman–Crippen MR) is 116 cm³/mol. The Bertz CT molecular complexity index is 934. The molecule has 3 aromatic rings. The van der Waals surface area contributed by atoms with Crippen LogP contribution in [0.1, 0.15) is 18.4 Å². The Labute approximate surface area is 182 Å². The van der Waals surface area contributed by atoms with Crippen LogP contribution >= 0.6 is 0 Å². The number of nitrogens with zero attached hydrogens (tertiary/aromatic N) is 3. The Kier molecular flexibility index (Phi) is 7.86. The maximum absolute atomic E-state index is 9.87. The number of benzene rings is 2. The zero-order valence-corrected chi connectivity index (χ0v) is 18.4. The molecule has 0 saturated carbocycles.